The smallest absolute Gasteiger partial charge is 0.223 e. The maximum Gasteiger partial charge on any atom is 0.223 e. The molecule has 4 nitrogen and oxygen atoms in total. The molecule has 2 aromatic carbocycles. The Bertz CT molecular complexity index is 788. The third-order valence-corrected chi connectivity index (χ3v) is 3.64. The van der Waals surface area contributed by atoms with Crippen molar-refractivity contribution in [2.45, 2.75) is 18.8 Å². The van der Waals surface area contributed by atoms with Gasteiger partial charge in [0.05, 0.1) is 0 Å². The Labute approximate surface area is 116 Å². The molecule has 1 aromatic heterocycles. The van der Waals surface area contributed by atoms with Crippen LogP contribution in [0.15, 0.2) is 42.5 Å². The minimum absolute atomic E-state index is 0.310. The number of hydrogen-bond acceptors (Lipinski definition) is 4. The number of aromatic nitrogens is 3. The fourth-order valence-corrected chi connectivity index (χ4v) is 2.47. The van der Waals surface area contributed by atoms with Gasteiger partial charge >= 0.3 is 0 Å². The molecule has 0 saturated heterocycles. The van der Waals surface area contributed by atoms with E-state index < -0.39 is 0 Å². The van der Waals surface area contributed by atoms with Crippen LogP contribution in [0.1, 0.15) is 24.6 Å². The Morgan fingerprint density at radius 3 is 2.55 bits per heavy atom. The summed E-state index contributed by atoms with van der Waals surface area (Å²) in [7, 11) is 0. The summed E-state index contributed by atoms with van der Waals surface area (Å²) < 4.78 is 0. The number of anilines is 1. The summed E-state index contributed by atoms with van der Waals surface area (Å²) in [5.74, 6) is 2.29. The summed E-state index contributed by atoms with van der Waals surface area (Å²) in [5.41, 5.74) is 6.86. The lowest BCUT2D eigenvalue weighted by atomic mass is 10.0. The Morgan fingerprint density at radius 1 is 0.900 bits per heavy atom. The van der Waals surface area contributed by atoms with Crippen LogP contribution in [0.4, 0.5) is 5.95 Å². The highest BCUT2D eigenvalue weighted by atomic mass is 15.1. The van der Waals surface area contributed by atoms with Gasteiger partial charge in [0.25, 0.3) is 0 Å². The fraction of sp³-hybridized carbons (Fsp3) is 0.188. The van der Waals surface area contributed by atoms with Crippen molar-refractivity contribution < 1.29 is 0 Å². The second-order valence-corrected chi connectivity index (χ2v) is 5.18. The van der Waals surface area contributed by atoms with Crippen LogP contribution >= 0.6 is 0 Å². The first-order valence-corrected chi connectivity index (χ1v) is 6.81. The van der Waals surface area contributed by atoms with Gasteiger partial charge in [-0.3, -0.25) is 0 Å². The van der Waals surface area contributed by atoms with Crippen molar-refractivity contribution in [2.75, 3.05) is 5.73 Å². The molecule has 4 heteroatoms. The van der Waals surface area contributed by atoms with Gasteiger partial charge in [-0.25, -0.2) is 4.98 Å². The molecule has 3 aromatic rings. The minimum atomic E-state index is 0.310. The highest BCUT2D eigenvalue weighted by Crippen LogP contribution is 2.39. The van der Waals surface area contributed by atoms with Crippen molar-refractivity contribution >= 4 is 16.7 Å². The number of hydrogen-bond donors (Lipinski definition) is 1. The van der Waals surface area contributed by atoms with Gasteiger partial charge in [-0.05, 0) is 23.6 Å². The van der Waals surface area contributed by atoms with Crippen LogP contribution in [0.3, 0.4) is 0 Å². The Morgan fingerprint density at radius 2 is 1.70 bits per heavy atom. The highest BCUT2D eigenvalue weighted by molar-refractivity contribution is 5.95. The van der Waals surface area contributed by atoms with Crippen LogP contribution in [-0.4, -0.2) is 15.0 Å². The van der Waals surface area contributed by atoms with Crippen molar-refractivity contribution in [1.82, 2.24) is 15.0 Å². The molecule has 0 bridgehead atoms. The van der Waals surface area contributed by atoms with E-state index in [9.17, 15) is 0 Å². The van der Waals surface area contributed by atoms with Gasteiger partial charge in [0.15, 0.2) is 5.82 Å². The largest absolute Gasteiger partial charge is 0.368 e. The van der Waals surface area contributed by atoms with E-state index in [1.54, 1.807) is 0 Å². The molecule has 20 heavy (non-hydrogen) atoms. The average molecular weight is 262 g/mol. The van der Waals surface area contributed by atoms with E-state index in [1.807, 2.05) is 24.3 Å². The van der Waals surface area contributed by atoms with Crippen LogP contribution in [0.2, 0.25) is 0 Å². The monoisotopic (exact) mass is 262 g/mol. The Balaban J connectivity index is 1.94. The van der Waals surface area contributed by atoms with Crippen LogP contribution in [-0.2, 0) is 0 Å². The van der Waals surface area contributed by atoms with Crippen molar-refractivity contribution in [1.29, 1.82) is 0 Å². The Kier molecular flexibility index (Phi) is 2.42. The predicted octanol–water partition coefficient (Wildman–Crippen LogP) is 3.15. The third-order valence-electron chi connectivity index (χ3n) is 3.64. The van der Waals surface area contributed by atoms with Gasteiger partial charge in [-0.2, -0.15) is 9.97 Å². The highest BCUT2D eigenvalue weighted by Gasteiger charge is 2.27. The zero-order valence-corrected chi connectivity index (χ0v) is 11.0. The normalized spacial score (nSPS) is 14.6. The first kappa shape index (κ1) is 11.3. The fourth-order valence-electron chi connectivity index (χ4n) is 2.47. The van der Waals surface area contributed by atoms with Crippen molar-refractivity contribution in [3.05, 3.63) is 48.3 Å². The van der Waals surface area contributed by atoms with Gasteiger partial charge < -0.3 is 5.73 Å². The zero-order valence-electron chi connectivity index (χ0n) is 11.0. The number of nitrogens with zero attached hydrogens (tertiary/aromatic N) is 3. The molecule has 0 unspecified atom stereocenters. The standard InChI is InChI=1S/C16H14N4/c17-16-19-14(11-8-9-11)18-15(20-16)13-7-3-5-10-4-1-2-6-12(10)13/h1-7,11H,8-9H2,(H2,17,18,19,20). The molecule has 98 valence electrons. The predicted molar refractivity (Wildman–Crippen MR) is 79.2 cm³/mol. The summed E-state index contributed by atoms with van der Waals surface area (Å²) >= 11 is 0. The van der Waals surface area contributed by atoms with Gasteiger partial charge in [0.1, 0.15) is 5.82 Å². The van der Waals surface area contributed by atoms with E-state index in [0.29, 0.717) is 17.7 Å². The number of nitrogen functional groups attached to an aromatic ring is 1. The summed E-state index contributed by atoms with van der Waals surface area (Å²) in [4.78, 5) is 13.2. The van der Waals surface area contributed by atoms with Gasteiger partial charge in [0.2, 0.25) is 5.95 Å². The van der Waals surface area contributed by atoms with Gasteiger partial charge in [-0.1, -0.05) is 42.5 Å². The van der Waals surface area contributed by atoms with Crippen LogP contribution in [0, 0.1) is 0 Å². The Hall–Kier alpha value is -2.49. The third kappa shape index (κ3) is 1.90. The molecule has 0 radical (unpaired) electrons. The molecule has 0 spiro atoms. The van der Waals surface area contributed by atoms with Crippen molar-refractivity contribution in [3.63, 3.8) is 0 Å². The van der Waals surface area contributed by atoms with E-state index in [2.05, 4.69) is 33.2 Å². The second kappa shape index (κ2) is 4.27. The quantitative estimate of drug-likeness (QED) is 0.770. The maximum atomic E-state index is 5.84. The van der Waals surface area contributed by atoms with E-state index in [1.165, 1.54) is 5.39 Å². The number of fused-ring (bicyclic) bond motifs is 1. The summed E-state index contributed by atoms with van der Waals surface area (Å²) in [6.45, 7) is 0. The summed E-state index contributed by atoms with van der Waals surface area (Å²) in [6, 6.07) is 14.4. The molecule has 0 aliphatic heterocycles. The van der Waals surface area contributed by atoms with E-state index in [-0.39, 0.29) is 0 Å². The van der Waals surface area contributed by atoms with Crippen molar-refractivity contribution in [2.24, 2.45) is 0 Å². The van der Waals surface area contributed by atoms with Gasteiger partial charge in [-0.15, -0.1) is 0 Å². The first-order chi connectivity index (χ1) is 9.81. The maximum absolute atomic E-state index is 5.84. The minimum Gasteiger partial charge on any atom is -0.368 e. The SMILES string of the molecule is Nc1nc(-c2cccc3ccccc23)nc(C2CC2)n1. The molecule has 2 N–H and O–H groups in total. The molecule has 4 rings (SSSR count). The van der Waals surface area contributed by atoms with Gasteiger partial charge in [0, 0.05) is 11.5 Å². The topological polar surface area (TPSA) is 64.7 Å². The van der Waals surface area contributed by atoms with Crippen molar-refractivity contribution in [3.8, 4) is 11.4 Å². The van der Waals surface area contributed by atoms with E-state index >= 15 is 0 Å². The molecule has 1 aliphatic rings. The lowest BCUT2D eigenvalue weighted by Gasteiger charge is -2.07. The number of rotatable bonds is 2. The zero-order chi connectivity index (χ0) is 13.5. The average Bonchev–Trinajstić information content (AvgIpc) is 3.30. The van der Waals surface area contributed by atoms with Crippen LogP contribution < -0.4 is 5.73 Å². The molecular weight excluding hydrogens is 248 g/mol. The molecular formula is C16H14N4. The molecule has 0 amide bonds. The summed E-state index contributed by atoms with van der Waals surface area (Å²) in [6.07, 6.45) is 2.30. The number of benzene rings is 2. The van der Waals surface area contributed by atoms with Crippen LogP contribution in [0.25, 0.3) is 22.2 Å². The van der Waals surface area contributed by atoms with E-state index in [4.69, 9.17) is 5.73 Å². The molecule has 1 fully saturated rings. The number of nitrogens with two attached hydrogens (primary N) is 1. The first-order valence-electron chi connectivity index (χ1n) is 6.81. The molecule has 1 saturated carbocycles. The molecule has 1 aliphatic carbocycles. The summed E-state index contributed by atoms with van der Waals surface area (Å²) in [5, 5.41) is 2.32. The molecule has 1 heterocycles. The van der Waals surface area contributed by atoms with Crippen LogP contribution in [0.5, 0.6) is 0 Å². The second-order valence-electron chi connectivity index (χ2n) is 5.18. The molecule has 0 atom stereocenters. The van der Waals surface area contributed by atoms with E-state index in [0.717, 1.165) is 29.6 Å². The lowest BCUT2D eigenvalue weighted by molar-refractivity contribution is 0.903. The lowest BCUT2D eigenvalue weighted by Crippen LogP contribution is -2.04.